The lowest BCUT2D eigenvalue weighted by atomic mass is 9.87. The van der Waals surface area contributed by atoms with Crippen molar-refractivity contribution in [2.24, 2.45) is 0 Å². The van der Waals surface area contributed by atoms with Crippen LogP contribution >= 0.6 is 0 Å². The van der Waals surface area contributed by atoms with Crippen LogP contribution in [0.25, 0.3) is 27.7 Å². The Kier molecular flexibility index (Phi) is 2.97. The molecule has 0 amide bonds. The minimum absolute atomic E-state index is 0.404. The van der Waals surface area contributed by atoms with Crippen molar-refractivity contribution in [3.63, 3.8) is 0 Å². The number of rotatable bonds is 1. The summed E-state index contributed by atoms with van der Waals surface area (Å²) in [5.74, 6) is -0.948. The maximum Gasteiger partial charge on any atom is 0.237 e. The molecule has 0 spiro atoms. The normalized spacial score (nSPS) is 13.0. The Balaban J connectivity index is 1.91. The summed E-state index contributed by atoms with van der Waals surface area (Å²) in [5.41, 5.74) is 3.75. The summed E-state index contributed by atoms with van der Waals surface area (Å²) >= 11 is 0. The molecule has 0 fully saturated rings. The van der Waals surface area contributed by atoms with Crippen LogP contribution in [0.2, 0.25) is 0 Å². The zero-order chi connectivity index (χ0) is 17.8. The predicted octanol–water partition coefficient (Wildman–Crippen LogP) is 4.38. The maximum absolute atomic E-state index is 12.7. The molecule has 4 aromatic rings. The topological polar surface area (TPSA) is 52.0 Å². The van der Waals surface area contributed by atoms with E-state index in [4.69, 9.17) is 0 Å². The van der Waals surface area contributed by atoms with Gasteiger partial charge in [0.1, 0.15) is 0 Å². The van der Waals surface area contributed by atoms with Crippen molar-refractivity contribution < 1.29 is 9.59 Å². The molecule has 3 aromatic carbocycles. The van der Waals surface area contributed by atoms with E-state index < -0.39 is 11.6 Å². The Morgan fingerprint density at radius 2 is 1.46 bits per heavy atom. The SMILES string of the molecule is Cc1nn(-c2cccc3ccccc23)c2c1C(=O)C(=O)c1ccccc1-2. The van der Waals surface area contributed by atoms with Gasteiger partial charge in [-0.25, -0.2) is 4.68 Å². The van der Waals surface area contributed by atoms with Crippen molar-refractivity contribution in [3.05, 3.63) is 83.6 Å². The van der Waals surface area contributed by atoms with E-state index in [-0.39, 0.29) is 0 Å². The average molecular weight is 338 g/mol. The van der Waals surface area contributed by atoms with Crippen molar-refractivity contribution in [1.29, 1.82) is 0 Å². The second-order valence-corrected chi connectivity index (χ2v) is 6.42. The highest BCUT2D eigenvalue weighted by molar-refractivity contribution is 6.53. The van der Waals surface area contributed by atoms with Crippen LogP contribution in [-0.4, -0.2) is 21.3 Å². The molecule has 4 heteroatoms. The molecule has 1 heterocycles. The molecule has 0 saturated heterocycles. The second-order valence-electron chi connectivity index (χ2n) is 6.42. The molecule has 0 N–H and O–H groups in total. The van der Waals surface area contributed by atoms with Gasteiger partial charge in [0.25, 0.3) is 0 Å². The number of benzene rings is 3. The van der Waals surface area contributed by atoms with Gasteiger partial charge in [0.15, 0.2) is 0 Å². The van der Waals surface area contributed by atoms with Gasteiger partial charge in [0.2, 0.25) is 11.6 Å². The van der Waals surface area contributed by atoms with Crippen molar-refractivity contribution in [2.75, 3.05) is 0 Å². The van der Waals surface area contributed by atoms with E-state index >= 15 is 0 Å². The van der Waals surface area contributed by atoms with Crippen molar-refractivity contribution >= 4 is 22.3 Å². The molecule has 1 aliphatic carbocycles. The third-order valence-corrected chi connectivity index (χ3v) is 4.92. The highest BCUT2D eigenvalue weighted by Gasteiger charge is 2.35. The van der Waals surface area contributed by atoms with Gasteiger partial charge in [-0.1, -0.05) is 60.7 Å². The van der Waals surface area contributed by atoms with Crippen LogP contribution in [0.4, 0.5) is 0 Å². The molecular formula is C22H14N2O2. The predicted molar refractivity (Wildman–Crippen MR) is 99.9 cm³/mol. The number of carbonyl (C=O) groups excluding carboxylic acids is 2. The number of nitrogens with zero attached hydrogens (tertiary/aromatic N) is 2. The molecule has 0 atom stereocenters. The van der Waals surface area contributed by atoms with Crippen LogP contribution in [0.3, 0.4) is 0 Å². The van der Waals surface area contributed by atoms with Gasteiger partial charge in [-0.2, -0.15) is 5.10 Å². The number of Topliss-reactive ketones (excluding diaryl/α,β-unsaturated/α-hetero) is 2. The Morgan fingerprint density at radius 3 is 2.31 bits per heavy atom. The zero-order valence-electron chi connectivity index (χ0n) is 14.1. The first-order valence-corrected chi connectivity index (χ1v) is 8.43. The molecule has 0 radical (unpaired) electrons. The first-order chi connectivity index (χ1) is 12.7. The molecular weight excluding hydrogens is 324 g/mol. The smallest absolute Gasteiger partial charge is 0.237 e. The fraction of sp³-hybridized carbons (Fsp3) is 0.0455. The van der Waals surface area contributed by atoms with Crippen LogP contribution in [0.5, 0.6) is 0 Å². The van der Waals surface area contributed by atoms with E-state index in [1.54, 1.807) is 23.7 Å². The van der Waals surface area contributed by atoms with E-state index in [0.717, 1.165) is 22.0 Å². The molecule has 4 nitrogen and oxygen atoms in total. The van der Waals surface area contributed by atoms with Crippen LogP contribution in [0.1, 0.15) is 26.4 Å². The molecule has 124 valence electrons. The van der Waals surface area contributed by atoms with E-state index in [0.29, 0.717) is 22.5 Å². The molecule has 5 rings (SSSR count). The van der Waals surface area contributed by atoms with Gasteiger partial charge in [0.05, 0.1) is 22.6 Å². The summed E-state index contributed by atoms with van der Waals surface area (Å²) in [7, 11) is 0. The first kappa shape index (κ1) is 14.8. The summed E-state index contributed by atoms with van der Waals surface area (Å²) in [6, 6.07) is 21.3. The maximum atomic E-state index is 12.7. The number of hydrogen-bond donors (Lipinski definition) is 0. The number of carbonyl (C=O) groups is 2. The van der Waals surface area contributed by atoms with Crippen LogP contribution < -0.4 is 0 Å². The fourth-order valence-electron chi connectivity index (χ4n) is 3.74. The molecule has 0 bridgehead atoms. The summed E-state index contributed by atoms with van der Waals surface area (Å²) in [4.78, 5) is 25.2. The average Bonchev–Trinajstić information content (AvgIpc) is 3.03. The highest BCUT2D eigenvalue weighted by Crippen LogP contribution is 2.37. The minimum Gasteiger partial charge on any atom is -0.285 e. The van der Waals surface area contributed by atoms with Crippen LogP contribution in [0.15, 0.2) is 66.7 Å². The number of aromatic nitrogens is 2. The molecule has 0 unspecified atom stereocenters. The Morgan fingerprint density at radius 1 is 0.769 bits per heavy atom. The molecule has 1 aromatic heterocycles. The highest BCUT2D eigenvalue weighted by atomic mass is 16.2. The summed E-state index contributed by atoms with van der Waals surface area (Å²) < 4.78 is 1.80. The lowest BCUT2D eigenvalue weighted by Gasteiger charge is -2.17. The number of ketones is 2. The van der Waals surface area contributed by atoms with E-state index in [1.165, 1.54) is 0 Å². The fourth-order valence-corrected chi connectivity index (χ4v) is 3.74. The Labute approximate surface area is 149 Å². The summed E-state index contributed by atoms with van der Waals surface area (Å²) in [6.45, 7) is 1.78. The lowest BCUT2D eigenvalue weighted by molar-refractivity contribution is 0.0815. The molecule has 0 aliphatic heterocycles. The van der Waals surface area contributed by atoms with Gasteiger partial charge in [-0.15, -0.1) is 0 Å². The standard InChI is InChI=1S/C22H14N2O2/c1-13-19-20(16-10-4-5-11-17(16)21(25)22(19)26)24(23-13)18-12-6-8-14-7-2-3-9-15(14)18/h2-12H,1H3. The van der Waals surface area contributed by atoms with Gasteiger partial charge in [0, 0.05) is 16.5 Å². The minimum atomic E-state index is -0.484. The van der Waals surface area contributed by atoms with E-state index in [2.05, 4.69) is 5.10 Å². The van der Waals surface area contributed by atoms with Crippen LogP contribution in [-0.2, 0) is 0 Å². The summed E-state index contributed by atoms with van der Waals surface area (Å²) in [6.07, 6.45) is 0. The quantitative estimate of drug-likeness (QED) is 0.484. The zero-order valence-corrected chi connectivity index (χ0v) is 14.1. The monoisotopic (exact) mass is 338 g/mol. The number of fused-ring (bicyclic) bond motifs is 4. The largest absolute Gasteiger partial charge is 0.285 e. The lowest BCUT2D eigenvalue weighted by Crippen LogP contribution is -2.22. The van der Waals surface area contributed by atoms with Gasteiger partial charge < -0.3 is 0 Å². The Bertz CT molecular complexity index is 1230. The third kappa shape index (κ3) is 1.87. The number of hydrogen-bond acceptors (Lipinski definition) is 3. The first-order valence-electron chi connectivity index (χ1n) is 8.43. The van der Waals surface area contributed by atoms with Gasteiger partial charge >= 0.3 is 0 Å². The third-order valence-electron chi connectivity index (χ3n) is 4.92. The van der Waals surface area contributed by atoms with E-state index in [1.807, 2.05) is 54.6 Å². The Hall–Kier alpha value is -3.53. The molecule has 26 heavy (non-hydrogen) atoms. The van der Waals surface area contributed by atoms with Gasteiger partial charge in [-0.3, -0.25) is 9.59 Å². The van der Waals surface area contributed by atoms with Crippen molar-refractivity contribution in [3.8, 4) is 16.9 Å². The van der Waals surface area contributed by atoms with Crippen molar-refractivity contribution in [2.45, 2.75) is 6.92 Å². The van der Waals surface area contributed by atoms with Gasteiger partial charge in [-0.05, 0) is 18.4 Å². The van der Waals surface area contributed by atoms with Crippen molar-refractivity contribution in [1.82, 2.24) is 9.78 Å². The van der Waals surface area contributed by atoms with E-state index in [9.17, 15) is 9.59 Å². The summed E-state index contributed by atoms with van der Waals surface area (Å²) in [5, 5.41) is 6.78. The number of aryl methyl sites for hydroxylation is 1. The molecule has 1 aliphatic rings. The molecule has 0 saturated carbocycles. The second kappa shape index (κ2) is 5.23. The van der Waals surface area contributed by atoms with Crippen LogP contribution in [0, 0.1) is 6.92 Å².